The molecule has 2 aromatic rings. The first-order chi connectivity index (χ1) is 15.5. The molecule has 0 aromatic heterocycles. The monoisotopic (exact) mass is 481 g/mol. The van der Waals surface area contributed by atoms with Crippen molar-refractivity contribution in [2.24, 2.45) is 0 Å². The van der Waals surface area contributed by atoms with Gasteiger partial charge in [-0.2, -0.15) is 0 Å². The summed E-state index contributed by atoms with van der Waals surface area (Å²) in [6.45, 7) is 3.81. The van der Waals surface area contributed by atoms with Gasteiger partial charge in [0.2, 0.25) is 0 Å². The Kier molecular flexibility index (Phi) is 10.1. The molecule has 0 aliphatic heterocycles. The number of hydrogen-bond acceptors (Lipinski definition) is 4. The third-order valence-corrected chi connectivity index (χ3v) is 4.79. The van der Waals surface area contributed by atoms with E-state index in [1.165, 1.54) is 0 Å². The first kappa shape index (κ1) is 25.6. The molecule has 0 amide bonds. The molecule has 5 heteroatoms. The zero-order valence-corrected chi connectivity index (χ0v) is 19.6. The van der Waals surface area contributed by atoms with Gasteiger partial charge in [0, 0.05) is 50.7 Å². The van der Waals surface area contributed by atoms with E-state index in [1.807, 2.05) is 98.8 Å². The fraction of sp³-hybridized carbons (Fsp3) is 0.0714. The zero-order chi connectivity index (χ0) is 22.8. The first-order valence-corrected chi connectivity index (χ1v) is 10.4. The summed E-state index contributed by atoms with van der Waals surface area (Å²) in [6.07, 6.45) is 14.0. The van der Waals surface area contributed by atoms with Gasteiger partial charge in [0.1, 0.15) is 0 Å². The molecular formula is C28H26CoN2O2. The van der Waals surface area contributed by atoms with E-state index in [9.17, 15) is 9.59 Å². The van der Waals surface area contributed by atoms with E-state index in [1.54, 1.807) is 24.3 Å². The Morgan fingerprint density at radius 2 is 0.879 bits per heavy atom. The maximum atomic E-state index is 11.6. The van der Waals surface area contributed by atoms with E-state index in [0.29, 0.717) is 11.1 Å². The van der Waals surface area contributed by atoms with E-state index < -0.39 is 0 Å². The van der Waals surface area contributed by atoms with Crippen LogP contribution in [0.2, 0.25) is 0 Å². The van der Waals surface area contributed by atoms with Crippen LogP contribution in [0.1, 0.15) is 13.8 Å². The molecule has 2 N–H and O–H groups in total. The van der Waals surface area contributed by atoms with Gasteiger partial charge in [-0.15, -0.1) is 0 Å². The minimum atomic E-state index is 0. The molecule has 0 atom stereocenters. The van der Waals surface area contributed by atoms with Crippen LogP contribution >= 0.6 is 0 Å². The first-order valence-electron chi connectivity index (χ1n) is 10.4. The number of hydrogen-bond donors (Lipinski definition) is 2. The van der Waals surface area contributed by atoms with Gasteiger partial charge in [0.15, 0.2) is 11.6 Å². The molecule has 2 aromatic carbocycles. The summed E-state index contributed by atoms with van der Waals surface area (Å²) in [7, 11) is 0. The van der Waals surface area contributed by atoms with Gasteiger partial charge in [-0.05, 0) is 62.4 Å². The van der Waals surface area contributed by atoms with Crippen LogP contribution in [0, 0.1) is 0 Å². The quantitative estimate of drug-likeness (QED) is 0.516. The van der Waals surface area contributed by atoms with E-state index >= 15 is 0 Å². The van der Waals surface area contributed by atoms with Gasteiger partial charge in [0.25, 0.3) is 0 Å². The summed E-state index contributed by atoms with van der Waals surface area (Å²) in [5.41, 5.74) is 5.15. The molecule has 0 saturated heterocycles. The van der Waals surface area contributed by atoms with E-state index in [-0.39, 0.29) is 28.3 Å². The number of anilines is 2. The molecule has 0 unspecified atom stereocenters. The van der Waals surface area contributed by atoms with Crippen molar-refractivity contribution in [2.45, 2.75) is 13.8 Å². The van der Waals surface area contributed by atoms with Crippen LogP contribution in [-0.2, 0) is 26.4 Å². The Hall–Kier alpha value is -3.67. The number of nitrogens with one attached hydrogen (secondary N) is 2. The summed E-state index contributed by atoms with van der Waals surface area (Å²) >= 11 is 0. The second-order valence-corrected chi connectivity index (χ2v) is 7.22. The minimum absolute atomic E-state index is 0. The van der Waals surface area contributed by atoms with Gasteiger partial charge in [-0.1, -0.05) is 60.7 Å². The third kappa shape index (κ3) is 7.75. The van der Waals surface area contributed by atoms with Crippen LogP contribution < -0.4 is 10.6 Å². The van der Waals surface area contributed by atoms with Gasteiger partial charge in [0.05, 0.1) is 0 Å². The van der Waals surface area contributed by atoms with Crippen molar-refractivity contribution in [3.63, 3.8) is 0 Å². The van der Waals surface area contributed by atoms with Crippen LogP contribution in [0.25, 0.3) is 0 Å². The molecule has 0 spiro atoms. The predicted molar refractivity (Wildman–Crippen MR) is 132 cm³/mol. The molecule has 169 valence electrons. The molecule has 0 fully saturated rings. The zero-order valence-electron chi connectivity index (χ0n) is 18.5. The molecule has 0 bridgehead atoms. The number of allylic oxidation sites excluding steroid dienone is 12. The van der Waals surface area contributed by atoms with Crippen molar-refractivity contribution in [3.8, 4) is 0 Å². The number of benzene rings is 2. The van der Waals surface area contributed by atoms with Crippen LogP contribution in [-0.4, -0.2) is 11.6 Å². The average molecular weight is 481 g/mol. The van der Waals surface area contributed by atoms with Crippen LogP contribution in [0.15, 0.2) is 132 Å². The van der Waals surface area contributed by atoms with Crippen molar-refractivity contribution in [2.75, 3.05) is 10.6 Å². The number of rotatable bonds is 4. The number of carbonyl (C=O) groups is 2. The van der Waals surface area contributed by atoms with E-state index in [2.05, 4.69) is 10.6 Å². The summed E-state index contributed by atoms with van der Waals surface area (Å²) in [6, 6.07) is 19.6. The van der Waals surface area contributed by atoms with Gasteiger partial charge < -0.3 is 10.6 Å². The van der Waals surface area contributed by atoms with Crippen LogP contribution in [0.4, 0.5) is 11.4 Å². The third-order valence-electron chi connectivity index (χ3n) is 4.79. The molecule has 33 heavy (non-hydrogen) atoms. The second-order valence-electron chi connectivity index (χ2n) is 7.22. The molecule has 4 rings (SSSR count). The summed E-state index contributed by atoms with van der Waals surface area (Å²) in [4.78, 5) is 23.2. The smallest absolute Gasteiger partial charge is 0.187 e. The second kappa shape index (κ2) is 13.0. The minimum Gasteiger partial charge on any atom is -0.359 e. The number of ketones is 2. The van der Waals surface area contributed by atoms with E-state index in [4.69, 9.17) is 0 Å². The number of carbonyl (C=O) groups excluding carboxylic acids is 2. The molecule has 1 radical (unpaired) electrons. The summed E-state index contributed by atoms with van der Waals surface area (Å²) < 4.78 is 0. The van der Waals surface area contributed by atoms with E-state index in [0.717, 1.165) is 22.8 Å². The molecular weight excluding hydrogens is 455 g/mol. The van der Waals surface area contributed by atoms with Gasteiger partial charge in [-0.25, -0.2) is 0 Å². The Balaban J connectivity index is 0.000000227. The maximum absolute atomic E-state index is 11.6. The molecule has 0 saturated carbocycles. The van der Waals surface area contributed by atoms with Crippen molar-refractivity contribution in [1.82, 2.24) is 0 Å². The SMILES string of the molecule is C/C(Nc1ccccc1)=C1\C=CC=CC1=O.C/C(Nc1ccccc1)=C1\C=CC=CC1=O.[Co]. The Labute approximate surface area is 205 Å². The van der Waals surface area contributed by atoms with Crippen molar-refractivity contribution in [3.05, 3.63) is 132 Å². The Morgan fingerprint density at radius 1 is 0.545 bits per heavy atom. The fourth-order valence-corrected chi connectivity index (χ4v) is 3.16. The average Bonchev–Trinajstić information content (AvgIpc) is 2.81. The predicted octanol–water partition coefficient (Wildman–Crippen LogP) is 6.13. The molecule has 4 nitrogen and oxygen atoms in total. The molecule has 2 aliphatic rings. The molecule has 2 aliphatic carbocycles. The van der Waals surface area contributed by atoms with Crippen molar-refractivity contribution in [1.29, 1.82) is 0 Å². The molecule has 0 heterocycles. The summed E-state index contributed by atoms with van der Waals surface area (Å²) in [5.74, 6) is 0.0897. The van der Waals surface area contributed by atoms with Crippen molar-refractivity contribution < 1.29 is 26.4 Å². The topological polar surface area (TPSA) is 58.2 Å². The maximum Gasteiger partial charge on any atom is 0.187 e. The fourth-order valence-electron chi connectivity index (χ4n) is 3.16. The van der Waals surface area contributed by atoms with Gasteiger partial charge in [-0.3, -0.25) is 9.59 Å². The van der Waals surface area contributed by atoms with Crippen LogP contribution in [0.3, 0.4) is 0 Å². The van der Waals surface area contributed by atoms with Crippen LogP contribution in [0.5, 0.6) is 0 Å². The normalized spacial score (nSPS) is 16.9. The standard InChI is InChI=1S/2C14H13NO.Co/c2*1-11(13-9-5-6-10-14(13)16)15-12-7-3-2-4-8-12;/h2*2-10,15H,1H3;/b2*13-11-;. The summed E-state index contributed by atoms with van der Waals surface area (Å²) in [5, 5.41) is 6.43. The number of para-hydroxylation sites is 2. The largest absolute Gasteiger partial charge is 0.359 e. The van der Waals surface area contributed by atoms with Crippen molar-refractivity contribution >= 4 is 22.9 Å². The van der Waals surface area contributed by atoms with Gasteiger partial charge >= 0.3 is 0 Å². The Bertz CT molecular complexity index is 1060. The Morgan fingerprint density at radius 3 is 1.21 bits per heavy atom.